The van der Waals surface area contributed by atoms with E-state index in [4.69, 9.17) is 4.74 Å². The SMILES string of the molecule is CC(C)(C)OC(=O)NCC1CC2CCC(C1)N2C(=O)O. The highest BCUT2D eigenvalue weighted by atomic mass is 16.6. The summed E-state index contributed by atoms with van der Waals surface area (Å²) in [5.74, 6) is 0.343. The van der Waals surface area contributed by atoms with E-state index in [1.54, 1.807) is 4.90 Å². The van der Waals surface area contributed by atoms with Gasteiger partial charge in [-0.3, -0.25) is 0 Å². The molecule has 0 aromatic carbocycles. The van der Waals surface area contributed by atoms with Crippen molar-refractivity contribution in [1.29, 1.82) is 0 Å². The zero-order valence-corrected chi connectivity index (χ0v) is 12.4. The normalized spacial score (nSPS) is 29.1. The van der Waals surface area contributed by atoms with E-state index in [2.05, 4.69) is 5.32 Å². The Hall–Kier alpha value is -1.46. The van der Waals surface area contributed by atoms with Gasteiger partial charge in [-0.1, -0.05) is 0 Å². The zero-order chi connectivity index (χ0) is 14.9. The molecule has 114 valence electrons. The van der Waals surface area contributed by atoms with Crippen molar-refractivity contribution in [3.63, 3.8) is 0 Å². The monoisotopic (exact) mass is 284 g/mol. The van der Waals surface area contributed by atoms with E-state index >= 15 is 0 Å². The smallest absolute Gasteiger partial charge is 0.407 e. The lowest BCUT2D eigenvalue weighted by atomic mass is 9.91. The Morgan fingerprint density at radius 1 is 1.25 bits per heavy atom. The van der Waals surface area contributed by atoms with Gasteiger partial charge in [0.2, 0.25) is 0 Å². The van der Waals surface area contributed by atoms with Crippen LogP contribution < -0.4 is 5.32 Å². The number of carbonyl (C=O) groups excluding carboxylic acids is 1. The molecule has 2 N–H and O–H groups in total. The molecule has 2 atom stereocenters. The first kappa shape index (κ1) is 14.9. The number of amides is 2. The highest BCUT2D eigenvalue weighted by molar-refractivity contribution is 5.68. The van der Waals surface area contributed by atoms with E-state index in [1.165, 1.54) is 0 Å². The Morgan fingerprint density at radius 3 is 2.25 bits per heavy atom. The van der Waals surface area contributed by atoms with E-state index < -0.39 is 17.8 Å². The number of alkyl carbamates (subject to hydrolysis) is 1. The minimum absolute atomic E-state index is 0.122. The van der Waals surface area contributed by atoms with E-state index in [0.29, 0.717) is 12.5 Å². The highest BCUT2D eigenvalue weighted by Crippen LogP contribution is 2.38. The van der Waals surface area contributed by atoms with Crippen LogP contribution in [0.2, 0.25) is 0 Å². The number of fused-ring (bicyclic) bond motifs is 2. The van der Waals surface area contributed by atoms with Crippen molar-refractivity contribution in [3.8, 4) is 0 Å². The summed E-state index contributed by atoms with van der Waals surface area (Å²) in [4.78, 5) is 24.4. The lowest BCUT2D eigenvalue weighted by molar-refractivity contribution is 0.0487. The topological polar surface area (TPSA) is 78.9 Å². The predicted octanol–water partition coefficient (Wildman–Crippen LogP) is 2.43. The largest absolute Gasteiger partial charge is 0.465 e. The maximum Gasteiger partial charge on any atom is 0.407 e. The molecule has 2 heterocycles. The van der Waals surface area contributed by atoms with Crippen LogP contribution in [0.3, 0.4) is 0 Å². The van der Waals surface area contributed by atoms with Crippen molar-refractivity contribution in [2.45, 2.75) is 64.1 Å². The summed E-state index contributed by atoms with van der Waals surface area (Å²) in [6.07, 6.45) is 2.35. The van der Waals surface area contributed by atoms with E-state index in [9.17, 15) is 14.7 Å². The maximum absolute atomic E-state index is 11.6. The van der Waals surface area contributed by atoms with Crippen LogP contribution in [-0.2, 0) is 4.74 Å². The molecule has 0 saturated carbocycles. The molecule has 2 unspecified atom stereocenters. The van der Waals surface area contributed by atoms with Gasteiger partial charge in [-0.2, -0.15) is 0 Å². The number of hydrogen-bond acceptors (Lipinski definition) is 3. The molecule has 2 amide bonds. The Balaban J connectivity index is 1.80. The molecule has 0 aliphatic carbocycles. The highest BCUT2D eigenvalue weighted by Gasteiger charge is 2.43. The van der Waals surface area contributed by atoms with Crippen LogP contribution >= 0.6 is 0 Å². The predicted molar refractivity (Wildman–Crippen MR) is 73.6 cm³/mol. The van der Waals surface area contributed by atoms with E-state index in [-0.39, 0.29) is 12.1 Å². The summed E-state index contributed by atoms with van der Waals surface area (Å²) >= 11 is 0. The van der Waals surface area contributed by atoms with Crippen molar-refractivity contribution >= 4 is 12.2 Å². The minimum Gasteiger partial charge on any atom is -0.465 e. The van der Waals surface area contributed by atoms with Gasteiger partial charge >= 0.3 is 12.2 Å². The van der Waals surface area contributed by atoms with E-state index in [0.717, 1.165) is 25.7 Å². The van der Waals surface area contributed by atoms with Gasteiger partial charge in [0.05, 0.1) is 0 Å². The number of ether oxygens (including phenoxy) is 1. The van der Waals surface area contributed by atoms with Gasteiger partial charge in [-0.05, 0) is 52.4 Å². The number of nitrogens with zero attached hydrogens (tertiary/aromatic N) is 1. The van der Waals surface area contributed by atoms with Gasteiger partial charge in [0, 0.05) is 18.6 Å². The average molecular weight is 284 g/mol. The molecule has 2 aliphatic rings. The fourth-order valence-corrected chi connectivity index (χ4v) is 3.31. The van der Waals surface area contributed by atoms with Gasteiger partial charge in [-0.25, -0.2) is 9.59 Å². The molecular weight excluding hydrogens is 260 g/mol. The second kappa shape index (κ2) is 5.50. The molecule has 6 heteroatoms. The van der Waals surface area contributed by atoms with Crippen molar-refractivity contribution in [3.05, 3.63) is 0 Å². The third kappa shape index (κ3) is 3.55. The fraction of sp³-hybridized carbons (Fsp3) is 0.857. The van der Waals surface area contributed by atoms with E-state index in [1.807, 2.05) is 20.8 Å². The standard InChI is InChI=1S/C14H24N2O4/c1-14(2,3)20-12(17)15-8-9-6-10-4-5-11(7-9)16(10)13(18)19/h9-11H,4-8H2,1-3H3,(H,15,17)(H,18,19). The molecule has 0 spiro atoms. The van der Waals surface area contributed by atoms with Crippen molar-refractivity contribution in [2.24, 2.45) is 5.92 Å². The first-order valence-corrected chi connectivity index (χ1v) is 7.24. The quantitative estimate of drug-likeness (QED) is 0.816. The van der Waals surface area contributed by atoms with Crippen LogP contribution in [0, 0.1) is 5.92 Å². The number of hydrogen-bond donors (Lipinski definition) is 2. The number of carboxylic acid groups (broad SMARTS) is 1. The van der Waals surface area contributed by atoms with Gasteiger partial charge in [0.15, 0.2) is 0 Å². The Kier molecular flexibility index (Phi) is 4.11. The second-order valence-corrected chi connectivity index (χ2v) is 6.80. The Labute approximate surface area is 119 Å². The van der Waals surface area contributed by atoms with Crippen LogP contribution in [0.15, 0.2) is 0 Å². The summed E-state index contributed by atoms with van der Waals surface area (Å²) < 4.78 is 5.20. The Bertz CT molecular complexity index is 377. The van der Waals surface area contributed by atoms with Crippen LogP contribution in [-0.4, -0.2) is 46.4 Å². The van der Waals surface area contributed by atoms with Gasteiger partial charge < -0.3 is 20.1 Å². The van der Waals surface area contributed by atoms with Crippen molar-refractivity contribution < 1.29 is 19.4 Å². The van der Waals surface area contributed by atoms with Gasteiger partial charge in [-0.15, -0.1) is 0 Å². The summed E-state index contributed by atoms with van der Waals surface area (Å²) in [6.45, 7) is 6.06. The molecule has 2 aliphatic heterocycles. The van der Waals surface area contributed by atoms with Crippen LogP contribution in [0.5, 0.6) is 0 Å². The van der Waals surface area contributed by atoms with Gasteiger partial charge in [0.1, 0.15) is 5.60 Å². The van der Waals surface area contributed by atoms with Crippen molar-refractivity contribution in [2.75, 3.05) is 6.54 Å². The van der Waals surface area contributed by atoms with Crippen molar-refractivity contribution in [1.82, 2.24) is 10.2 Å². The lowest BCUT2D eigenvalue weighted by Crippen LogP contribution is -2.48. The molecule has 20 heavy (non-hydrogen) atoms. The summed E-state index contributed by atoms with van der Waals surface area (Å²) in [6, 6.07) is 0.244. The summed E-state index contributed by atoms with van der Waals surface area (Å²) in [5.41, 5.74) is -0.490. The molecular formula is C14H24N2O4. The molecule has 2 rings (SSSR count). The molecule has 6 nitrogen and oxygen atoms in total. The molecule has 2 saturated heterocycles. The Morgan fingerprint density at radius 2 is 1.80 bits per heavy atom. The molecule has 2 bridgehead atoms. The maximum atomic E-state index is 11.6. The first-order valence-electron chi connectivity index (χ1n) is 7.24. The number of rotatable bonds is 2. The first-order chi connectivity index (χ1) is 9.26. The molecule has 0 aromatic rings. The number of piperidine rings is 1. The molecule has 0 aromatic heterocycles. The van der Waals surface area contributed by atoms with Crippen LogP contribution in [0.1, 0.15) is 46.5 Å². The number of nitrogens with one attached hydrogen (secondary N) is 1. The summed E-state index contributed by atoms with van der Waals surface area (Å²) in [7, 11) is 0. The molecule has 2 fully saturated rings. The minimum atomic E-state index is -0.809. The van der Waals surface area contributed by atoms with Crippen LogP contribution in [0.25, 0.3) is 0 Å². The van der Waals surface area contributed by atoms with Crippen LogP contribution in [0.4, 0.5) is 9.59 Å². The zero-order valence-electron chi connectivity index (χ0n) is 12.4. The average Bonchev–Trinajstić information content (AvgIpc) is 2.56. The second-order valence-electron chi connectivity index (χ2n) is 6.80. The summed E-state index contributed by atoms with van der Waals surface area (Å²) in [5, 5.41) is 12.0. The third-order valence-corrected chi connectivity index (χ3v) is 3.99. The third-order valence-electron chi connectivity index (χ3n) is 3.99. The lowest BCUT2D eigenvalue weighted by Gasteiger charge is -2.37. The fourth-order valence-electron chi connectivity index (χ4n) is 3.31. The van der Waals surface area contributed by atoms with Gasteiger partial charge in [0.25, 0.3) is 0 Å². The number of carbonyl (C=O) groups is 2. The molecule has 0 radical (unpaired) electrons.